The number of rotatable bonds is 4. The number of ether oxygens (including phenoxy) is 1. The van der Waals surface area contributed by atoms with Gasteiger partial charge in [-0.25, -0.2) is 22.8 Å². The molecule has 1 heterocycles. The molecule has 0 aliphatic heterocycles. The van der Waals surface area contributed by atoms with Crippen molar-refractivity contribution in [3.8, 4) is 5.88 Å². The van der Waals surface area contributed by atoms with Crippen molar-refractivity contribution < 1.29 is 17.5 Å². The summed E-state index contributed by atoms with van der Waals surface area (Å²) in [4.78, 5) is 6.88. The second kappa shape index (κ2) is 5.59. The number of aromatic nitrogens is 2. The van der Waals surface area contributed by atoms with Crippen molar-refractivity contribution >= 4 is 27.4 Å². The number of sulfonamides is 1. The van der Waals surface area contributed by atoms with Crippen LogP contribution in [-0.4, -0.2) is 25.5 Å². The van der Waals surface area contributed by atoms with Gasteiger partial charge >= 0.3 is 0 Å². The average Bonchev–Trinajstić information content (AvgIpc) is 2.41. The lowest BCUT2D eigenvalue weighted by atomic mass is 10.3. The van der Waals surface area contributed by atoms with Crippen molar-refractivity contribution in [3.05, 3.63) is 41.4 Å². The molecule has 6 nitrogen and oxygen atoms in total. The van der Waals surface area contributed by atoms with Crippen molar-refractivity contribution in [2.45, 2.75) is 4.90 Å². The van der Waals surface area contributed by atoms with Gasteiger partial charge in [0.05, 0.1) is 12.1 Å². The van der Waals surface area contributed by atoms with Gasteiger partial charge in [-0.2, -0.15) is 0 Å². The molecule has 0 unspecified atom stereocenters. The Balaban J connectivity index is 2.38. The van der Waals surface area contributed by atoms with Crippen LogP contribution < -0.4 is 9.46 Å². The third kappa shape index (κ3) is 2.97. The Morgan fingerprint density at radius 1 is 1.35 bits per heavy atom. The first kappa shape index (κ1) is 14.5. The topological polar surface area (TPSA) is 81.2 Å². The molecule has 0 spiro atoms. The Morgan fingerprint density at radius 2 is 2.10 bits per heavy atom. The molecule has 2 aromatic rings. The van der Waals surface area contributed by atoms with Crippen LogP contribution in [0, 0.1) is 5.82 Å². The fourth-order valence-corrected chi connectivity index (χ4v) is 2.72. The summed E-state index contributed by atoms with van der Waals surface area (Å²) in [5.74, 6) is -0.900. The summed E-state index contributed by atoms with van der Waals surface area (Å²) >= 11 is 5.56. The predicted molar refractivity (Wildman–Crippen MR) is 70.8 cm³/mol. The van der Waals surface area contributed by atoms with Crippen molar-refractivity contribution in [1.82, 2.24) is 9.97 Å². The van der Waals surface area contributed by atoms with Crippen LogP contribution in [0.1, 0.15) is 0 Å². The number of benzene rings is 1. The van der Waals surface area contributed by atoms with Gasteiger partial charge in [0.15, 0.2) is 5.82 Å². The van der Waals surface area contributed by atoms with Crippen LogP contribution >= 0.6 is 11.6 Å². The Morgan fingerprint density at radius 3 is 2.80 bits per heavy atom. The van der Waals surface area contributed by atoms with E-state index < -0.39 is 20.7 Å². The van der Waals surface area contributed by atoms with Gasteiger partial charge in [0.2, 0.25) is 5.88 Å². The van der Waals surface area contributed by atoms with Crippen LogP contribution in [0.2, 0.25) is 5.02 Å². The quantitative estimate of drug-likeness (QED) is 0.933. The van der Waals surface area contributed by atoms with Gasteiger partial charge in [0.25, 0.3) is 10.0 Å². The first-order chi connectivity index (χ1) is 9.44. The molecule has 106 valence electrons. The van der Waals surface area contributed by atoms with E-state index in [1.54, 1.807) is 0 Å². The molecule has 0 saturated carbocycles. The lowest BCUT2D eigenvalue weighted by molar-refractivity contribution is 0.397. The Kier molecular flexibility index (Phi) is 4.05. The van der Waals surface area contributed by atoms with Crippen molar-refractivity contribution in [1.29, 1.82) is 0 Å². The van der Waals surface area contributed by atoms with E-state index in [0.29, 0.717) is 0 Å². The molecule has 9 heteroatoms. The summed E-state index contributed by atoms with van der Waals surface area (Å²) in [7, 11) is -2.77. The zero-order valence-electron chi connectivity index (χ0n) is 10.2. The van der Waals surface area contributed by atoms with Crippen LogP contribution in [-0.2, 0) is 10.0 Å². The Labute approximate surface area is 119 Å². The molecule has 1 aromatic heterocycles. The first-order valence-electron chi connectivity index (χ1n) is 5.27. The van der Waals surface area contributed by atoms with Gasteiger partial charge in [0.1, 0.15) is 17.0 Å². The molecule has 0 saturated heterocycles. The van der Waals surface area contributed by atoms with E-state index in [1.807, 2.05) is 0 Å². The summed E-state index contributed by atoms with van der Waals surface area (Å²) in [6, 6.07) is 4.95. The lowest BCUT2D eigenvalue weighted by Crippen LogP contribution is -2.15. The fourth-order valence-electron chi connectivity index (χ4n) is 1.39. The van der Waals surface area contributed by atoms with Gasteiger partial charge in [0, 0.05) is 6.07 Å². The van der Waals surface area contributed by atoms with Crippen LogP contribution in [0.4, 0.5) is 10.2 Å². The molecule has 0 fully saturated rings. The molecule has 1 N–H and O–H groups in total. The second-order valence-corrected chi connectivity index (χ2v) is 5.66. The third-order valence-corrected chi connectivity index (χ3v) is 3.96. The SMILES string of the molecule is COc1cc(NS(=O)(=O)c2cccc(Cl)c2F)ncn1. The zero-order chi connectivity index (χ0) is 14.8. The maximum atomic E-state index is 13.7. The second-order valence-electron chi connectivity index (χ2n) is 3.60. The highest BCUT2D eigenvalue weighted by Crippen LogP contribution is 2.23. The zero-order valence-corrected chi connectivity index (χ0v) is 11.7. The molecule has 0 aliphatic rings. The Hall–Kier alpha value is -1.93. The number of methoxy groups -OCH3 is 1. The van der Waals surface area contributed by atoms with Gasteiger partial charge in [-0.3, -0.25) is 4.72 Å². The number of nitrogens with zero attached hydrogens (tertiary/aromatic N) is 2. The van der Waals surface area contributed by atoms with Crippen LogP contribution in [0.3, 0.4) is 0 Å². The normalized spacial score (nSPS) is 11.2. The van der Waals surface area contributed by atoms with E-state index in [4.69, 9.17) is 16.3 Å². The maximum absolute atomic E-state index is 13.7. The summed E-state index contributed by atoms with van der Waals surface area (Å²) in [6.07, 6.45) is 1.12. The highest BCUT2D eigenvalue weighted by Gasteiger charge is 2.21. The predicted octanol–water partition coefficient (Wildman–Crippen LogP) is 2.08. The maximum Gasteiger partial charge on any atom is 0.266 e. The van der Waals surface area contributed by atoms with E-state index in [9.17, 15) is 12.8 Å². The molecular weight excluding hydrogens is 309 g/mol. The van der Waals surface area contributed by atoms with Gasteiger partial charge in [-0.15, -0.1) is 0 Å². The van der Waals surface area contributed by atoms with E-state index >= 15 is 0 Å². The van der Waals surface area contributed by atoms with Crippen LogP contribution in [0.15, 0.2) is 35.5 Å². The molecule has 0 bridgehead atoms. The number of nitrogens with one attached hydrogen (secondary N) is 1. The minimum absolute atomic E-state index is 0.0452. The third-order valence-electron chi connectivity index (χ3n) is 2.30. The number of anilines is 1. The molecule has 0 amide bonds. The minimum atomic E-state index is -4.15. The van der Waals surface area contributed by atoms with Crippen molar-refractivity contribution in [2.75, 3.05) is 11.8 Å². The Bertz CT molecular complexity index is 739. The van der Waals surface area contributed by atoms with Gasteiger partial charge in [-0.1, -0.05) is 17.7 Å². The summed E-state index contributed by atoms with van der Waals surface area (Å²) in [5.41, 5.74) is 0. The molecule has 1 aromatic carbocycles. The van der Waals surface area contributed by atoms with E-state index in [-0.39, 0.29) is 16.7 Å². The van der Waals surface area contributed by atoms with E-state index in [2.05, 4.69) is 14.7 Å². The van der Waals surface area contributed by atoms with Crippen molar-refractivity contribution in [2.24, 2.45) is 0 Å². The monoisotopic (exact) mass is 317 g/mol. The fraction of sp³-hybridized carbons (Fsp3) is 0.0909. The van der Waals surface area contributed by atoms with Crippen LogP contribution in [0.5, 0.6) is 5.88 Å². The van der Waals surface area contributed by atoms with E-state index in [0.717, 1.165) is 12.4 Å². The highest BCUT2D eigenvalue weighted by atomic mass is 35.5. The lowest BCUT2D eigenvalue weighted by Gasteiger charge is -2.09. The minimum Gasteiger partial charge on any atom is -0.481 e. The summed E-state index contributed by atoms with van der Waals surface area (Å²) in [5, 5.41) is -0.284. The molecule has 20 heavy (non-hydrogen) atoms. The molecule has 0 aliphatic carbocycles. The first-order valence-corrected chi connectivity index (χ1v) is 7.13. The largest absolute Gasteiger partial charge is 0.481 e. The van der Waals surface area contributed by atoms with Crippen LogP contribution in [0.25, 0.3) is 0 Å². The van der Waals surface area contributed by atoms with E-state index in [1.165, 1.54) is 25.3 Å². The molecule has 0 atom stereocenters. The number of hydrogen-bond donors (Lipinski definition) is 1. The summed E-state index contributed by atoms with van der Waals surface area (Å²) in [6.45, 7) is 0. The van der Waals surface area contributed by atoms with Gasteiger partial charge < -0.3 is 4.74 Å². The summed E-state index contributed by atoms with van der Waals surface area (Å²) < 4.78 is 44.8. The number of halogens is 2. The molecule has 2 rings (SSSR count). The highest BCUT2D eigenvalue weighted by molar-refractivity contribution is 7.92. The molecule has 0 radical (unpaired) electrons. The standard InChI is InChI=1S/C11H9ClFN3O3S/c1-19-10-5-9(14-6-15-10)16-20(17,18)8-4-2-3-7(12)11(8)13/h2-6H,1H3,(H,14,15,16). The number of hydrogen-bond acceptors (Lipinski definition) is 5. The van der Waals surface area contributed by atoms with Gasteiger partial charge in [-0.05, 0) is 12.1 Å². The smallest absolute Gasteiger partial charge is 0.266 e. The average molecular weight is 318 g/mol. The molecular formula is C11H9ClFN3O3S. The van der Waals surface area contributed by atoms with Crippen molar-refractivity contribution in [3.63, 3.8) is 0 Å².